The summed E-state index contributed by atoms with van der Waals surface area (Å²) in [5.41, 5.74) is -0.665. The highest BCUT2D eigenvalue weighted by molar-refractivity contribution is 7.80. The molecule has 0 aromatic heterocycles. The van der Waals surface area contributed by atoms with Gasteiger partial charge in [-0.2, -0.15) is 13.2 Å². The van der Waals surface area contributed by atoms with E-state index in [-0.39, 0.29) is 11.7 Å². The minimum absolute atomic E-state index is 0.0199. The Bertz CT molecular complexity index is 502. The minimum Gasteiger partial charge on any atom is -0.346 e. The molecule has 2 rings (SSSR count). The van der Waals surface area contributed by atoms with E-state index in [2.05, 4.69) is 12.2 Å². The summed E-state index contributed by atoms with van der Waals surface area (Å²) in [4.78, 5) is 2.00. The van der Waals surface area contributed by atoms with E-state index in [0.29, 0.717) is 5.11 Å². The average Bonchev–Trinajstić information content (AvgIpc) is 2.62. The van der Waals surface area contributed by atoms with Crippen LogP contribution in [0.15, 0.2) is 24.3 Å². The number of halogens is 3. The molecule has 6 heteroatoms. The molecule has 1 fully saturated rings. The molecule has 2 nitrogen and oxygen atoms in total. The Labute approximate surface area is 128 Å². The van der Waals surface area contributed by atoms with Gasteiger partial charge in [0.1, 0.15) is 0 Å². The maximum atomic E-state index is 13.0. The number of para-hydroxylation sites is 1. The Hall–Kier alpha value is -1.30. The SMILES string of the molecule is CC1CCCCCN1C(=S)Nc1ccccc1C(F)(F)F. The van der Waals surface area contributed by atoms with Crippen LogP contribution in [0, 0.1) is 0 Å². The lowest BCUT2D eigenvalue weighted by Gasteiger charge is -2.30. The molecule has 0 radical (unpaired) electrons. The molecular formula is C15H19F3N2S. The predicted molar refractivity (Wildman–Crippen MR) is 82.3 cm³/mol. The molecule has 1 unspecified atom stereocenters. The zero-order chi connectivity index (χ0) is 15.5. The summed E-state index contributed by atoms with van der Waals surface area (Å²) < 4.78 is 39.0. The topological polar surface area (TPSA) is 15.3 Å². The van der Waals surface area contributed by atoms with Crippen LogP contribution in [0.25, 0.3) is 0 Å². The van der Waals surface area contributed by atoms with E-state index in [1.54, 1.807) is 6.07 Å². The fourth-order valence-corrected chi connectivity index (χ4v) is 2.98. The van der Waals surface area contributed by atoms with Gasteiger partial charge in [0.25, 0.3) is 0 Å². The third kappa shape index (κ3) is 4.09. The van der Waals surface area contributed by atoms with Crippen molar-refractivity contribution in [2.45, 2.75) is 44.8 Å². The first-order chi connectivity index (χ1) is 9.89. The molecule has 116 valence electrons. The molecule has 21 heavy (non-hydrogen) atoms. The number of hydrogen-bond acceptors (Lipinski definition) is 1. The first kappa shape index (κ1) is 16.1. The summed E-state index contributed by atoms with van der Waals surface area (Å²) in [5.74, 6) is 0. The Morgan fingerprint density at radius 1 is 1.24 bits per heavy atom. The van der Waals surface area contributed by atoms with Crippen LogP contribution in [0.3, 0.4) is 0 Å². The molecule has 1 aliphatic heterocycles. The van der Waals surface area contributed by atoms with E-state index in [9.17, 15) is 13.2 Å². The molecule has 0 aliphatic carbocycles. The Morgan fingerprint density at radius 2 is 1.95 bits per heavy atom. The van der Waals surface area contributed by atoms with Gasteiger partial charge in [0.15, 0.2) is 5.11 Å². The smallest absolute Gasteiger partial charge is 0.346 e. The summed E-state index contributed by atoms with van der Waals surface area (Å²) in [6.45, 7) is 2.86. The molecule has 0 spiro atoms. The molecule has 1 atom stereocenters. The number of likely N-dealkylation sites (tertiary alicyclic amines) is 1. The maximum Gasteiger partial charge on any atom is 0.418 e. The van der Waals surface area contributed by atoms with Crippen molar-refractivity contribution in [3.05, 3.63) is 29.8 Å². The largest absolute Gasteiger partial charge is 0.418 e. The molecule has 0 amide bonds. The average molecular weight is 316 g/mol. The number of benzene rings is 1. The van der Waals surface area contributed by atoms with Crippen LogP contribution in [0.5, 0.6) is 0 Å². The summed E-state index contributed by atoms with van der Waals surface area (Å²) in [6, 6.07) is 5.69. The van der Waals surface area contributed by atoms with E-state index in [4.69, 9.17) is 12.2 Å². The van der Waals surface area contributed by atoms with Gasteiger partial charge in [-0.15, -0.1) is 0 Å². The maximum absolute atomic E-state index is 13.0. The van der Waals surface area contributed by atoms with E-state index in [1.807, 2.05) is 4.90 Å². The molecular weight excluding hydrogens is 297 g/mol. The zero-order valence-electron chi connectivity index (χ0n) is 11.9. The highest BCUT2D eigenvalue weighted by Crippen LogP contribution is 2.34. The standard InChI is InChI=1S/C15H19F3N2S/c1-11-7-3-2-6-10-20(11)14(21)19-13-9-5-4-8-12(13)15(16,17)18/h4-5,8-9,11H,2-3,6-7,10H2,1H3,(H,19,21). The van der Waals surface area contributed by atoms with Crippen LogP contribution in [-0.2, 0) is 6.18 Å². The van der Waals surface area contributed by atoms with Gasteiger partial charge in [0.05, 0.1) is 11.3 Å². The molecule has 0 saturated carbocycles. The summed E-state index contributed by atoms with van der Waals surface area (Å²) in [6.07, 6.45) is -0.0680. The van der Waals surface area contributed by atoms with Crippen molar-refractivity contribution >= 4 is 23.0 Å². The summed E-state index contributed by atoms with van der Waals surface area (Å²) in [7, 11) is 0. The van der Waals surface area contributed by atoms with Crippen molar-refractivity contribution in [2.75, 3.05) is 11.9 Å². The van der Waals surface area contributed by atoms with Crippen LogP contribution >= 0.6 is 12.2 Å². The van der Waals surface area contributed by atoms with E-state index in [0.717, 1.165) is 38.3 Å². The number of hydrogen-bond donors (Lipinski definition) is 1. The van der Waals surface area contributed by atoms with Crippen molar-refractivity contribution in [3.63, 3.8) is 0 Å². The van der Waals surface area contributed by atoms with E-state index < -0.39 is 11.7 Å². The fraction of sp³-hybridized carbons (Fsp3) is 0.533. The molecule has 1 heterocycles. The first-order valence-corrected chi connectivity index (χ1v) is 7.54. The monoisotopic (exact) mass is 316 g/mol. The van der Waals surface area contributed by atoms with Crippen molar-refractivity contribution in [1.29, 1.82) is 0 Å². The summed E-state index contributed by atoms with van der Waals surface area (Å²) in [5, 5.41) is 3.16. The second-order valence-electron chi connectivity index (χ2n) is 5.37. The third-order valence-electron chi connectivity index (χ3n) is 3.79. The van der Waals surface area contributed by atoms with Crippen molar-refractivity contribution in [3.8, 4) is 0 Å². The molecule has 1 N–H and O–H groups in total. The van der Waals surface area contributed by atoms with Gasteiger partial charge in [0.2, 0.25) is 0 Å². The number of anilines is 1. The normalized spacial score (nSPS) is 20.0. The summed E-state index contributed by atoms with van der Waals surface area (Å²) >= 11 is 5.32. The minimum atomic E-state index is -4.39. The molecule has 1 saturated heterocycles. The highest BCUT2D eigenvalue weighted by atomic mass is 32.1. The predicted octanol–water partition coefficient (Wildman–Crippen LogP) is 4.67. The van der Waals surface area contributed by atoms with Crippen LogP contribution in [0.2, 0.25) is 0 Å². The second kappa shape index (κ2) is 6.64. The number of thiocarbonyl (C=S) groups is 1. The number of alkyl halides is 3. The lowest BCUT2D eigenvalue weighted by molar-refractivity contribution is -0.136. The number of nitrogens with one attached hydrogen (secondary N) is 1. The molecule has 0 bridgehead atoms. The number of rotatable bonds is 1. The lowest BCUT2D eigenvalue weighted by atomic mass is 10.1. The van der Waals surface area contributed by atoms with Crippen molar-refractivity contribution in [1.82, 2.24) is 4.90 Å². The van der Waals surface area contributed by atoms with Crippen LogP contribution in [-0.4, -0.2) is 22.6 Å². The Morgan fingerprint density at radius 3 is 2.67 bits per heavy atom. The second-order valence-corrected chi connectivity index (χ2v) is 5.75. The van der Waals surface area contributed by atoms with Gasteiger partial charge in [-0.25, -0.2) is 0 Å². The van der Waals surface area contributed by atoms with Gasteiger partial charge in [-0.05, 0) is 44.1 Å². The van der Waals surface area contributed by atoms with Crippen LogP contribution < -0.4 is 5.32 Å². The van der Waals surface area contributed by atoms with Gasteiger partial charge < -0.3 is 10.2 Å². The van der Waals surface area contributed by atoms with Gasteiger partial charge in [0, 0.05) is 12.6 Å². The van der Waals surface area contributed by atoms with Crippen molar-refractivity contribution < 1.29 is 13.2 Å². The number of nitrogens with zero attached hydrogens (tertiary/aromatic N) is 1. The molecule has 1 aliphatic rings. The molecule has 1 aromatic rings. The van der Waals surface area contributed by atoms with Gasteiger partial charge in [-0.1, -0.05) is 25.0 Å². The fourth-order valence-electron chi connectivity index (χ4n) is 2.60. The van der Waals surface area contributed by atoms with Gasteiger partial charge >= 0.3 is 6.18 Å². The van der Waals surface area contributed by atoms with Gasteiger partial charge in [-0.3, -0.25) is 0 Å². The Balaban J connectivity index is 2.16. The quantitative estimate of drug-likeness (QED) is 0.758. The zero-order valence-corrected chi connectivity index (χ0v) is 12.7. The van der Waals surface area contributed by atoms with E-state index in [1.165, 1.54) is 12.1 Å². The lowest BCUT2D eigenvalue weighted by Crippen LogP contribution is -2.41. The van der Waals surface area contributed by atoms with Crippen molar-refractivity contribution in [2.24, 2.45) is 0 Å². The molecule has 1 aromatic carbocycles. The highest BCUT2D eigenvalue weighted by Gasteiger charge is 2.33. The van der Waals surface area contributed by atoms with E-state index >= 15 is 0 Å². The Kier molecular flexibility index (Phi) is 5.08. The van der Waals surface area contributed by atoms with Crippen LogP contribution in [0.1, 0.15) is 38.2 Å². The first-order valence-electron chi connectivity index (χ1n) is 7.13. The third-order valence-corrected chi connectivity index (χ3v) is 4.12. The van der Waals surface area contributed by atoms with Crippen LogP contribution in [0.4, 0.5) is 18.9 Å².